The minimum Gasteiger partial charge on any atom is -0.391 e. The van der Waals surface area contributed by atoms with Crippen LogP contribution in [0.2, 0.25) is 0 Å². The minimum absolute atomic E-state index is 0.116. The molecule has 0 saturated heterocycles. The highest BCUT2D eigenvalue weighted by Crippen LogP contribution is 2.27. The maximum atomic E-state index is 12.3. The summed E-state index contributed by atoms with van der Waals surface area (Å²) >= 11 is 0. The van der Waals surface area contributed by atoms with Crippen LogP contribution in [-0.2, 0) is 10.9 Å². The fraction of sp³-hybridized carbons (Fsp3) is 0.600. The second kappa shape index (κ2) is 6.50. The van der Waals surface area contributed by atoms with Gasteiger partial charge in [-0.25, -0.2) is 9.97 Å². The predicted octanol–water partition coefficient (Wildman–Crippen LogP) is 1.30. The highest BCUT2D eigenvalue weighted by atomic mass is 19.4. The van der Waals surface area contributed by atoms with Crippen LogP contribution in [0.25, 0.3) is 0 Å². The van der Waals surface area contributed by atoms with Crippen molar-refractivity contribution in [3.8, 4) is 0 Å². The molecule has 1 aromatic rings. The molecular weight excluding hydrogens is 251 g/mol. The number of aliphatic hydroxyl groups excluding tert-OH is 1. The van der Waals surface area contributed by atoms with Crippen LogP contribution < -0.4 is 5.32 Å². The number of hydrogen-bond acceptors (Lipinski definition) is 5. The van der Waals surface area contributed by atoms with E-state index in [2.05, 4.69) is 15.3 Å². The van der Waals surface area contributed by atoms with Gasteiger partial charge < -0.3 is 15.2 Å². The van der Waals surface area contributed by atoms with Crippen molar-refractivity contribution in [2.45, 2.75) is 18.7 Å². The summed E-state index contributed by atoms with van der Waals surface area (Å²) in [6.07, 6.45) is -3.81. The zero-order chi connectivity index (χ0) is 13.6. The molecule has 0 saturated carbocycles. The Morgan fingerprint density at radius 1 is 1.50 bits per heavy atom. The SMILES string of the molecule is COCC(O)CCNc1nccc(C(F)(F)F)n1. The van der Waals surface area contributed by atoms with Crippen LogP contribution >= 0.6 is 0 Å². The van der Waals surface area contributed by atoms with Crippen molar-refractivity contribution in [2.24, 2.45) is 0 Å². The number of halogens is 3. The Balaban J connectivity index is 2.48. The van der Waals surface area contributed by atoms with Gasteiger partial charge in [-0.15, -0.1) is 0 Å². The molecule has 102 valence electrons. The van der Waals surface area contributed by atoms with Gasteiger partial charge in [-0.3, -0.25) is 0 Å². The fourth-order valence-corrected chi connectivity index (χ4v) is 1.23. The van der Waals surface area contributed by atoms with E-state index in [9.17, 15) is 18.3 Å². The molecule has 0 amide bonds. The summed E-state index contributed by atoms with van der Waals surface area (Å²) in [7, 11) is 1.45. The first-order valence-electron chi connectivity index (χ1n) is 5.24. The molecule has 0 bridgehead atoms. The maximum absolute atomic E-state index is 12.3. The molecule has 8 heteroatoms. The van der Waals surface area contributed by atoms with E-state index < -0.39 is 18.0 Å². The van der Waals surface area contributed by atoms with E-state index in [1.165, 1.54) is 7.11 Å². The molecule has 2 N–H and O–H groups in total. The topological polar surface area (TPSA) is 67.3 Å². The molecule has 1 rings (SSSR count). The van der Waals surface area contributed by atoms with E-state index >= 15 is 0 Å². The number of ether oxygens (including phenoxy) is 1. The molecular formula is C10H14F3N3O2. The largest absolute Gasteiger partial charge is 0.433 e. The molecule has 0 spiro atoms. The molecule has 0 radical (unpaired) electrons. The van der Waals surface area contributed by atoms with Crippen LogP contribution in [0, 0.1) is 0 Å². The first-order valence-corrected chi connectivity index (χ1v) is 5.24. The van der Waals surface area contributed by atoms with Gasteiger partial charge in [-0.05, 0) is 12.5 Å². The van der Waals surface area contributed by atoms with Crippen molar-refractivity contribution < 1.29 is 23.0 Å². The third-order valence-corrected chi connectivity index (χ3v) is 2.07. The molecule has 1 unspecified atom stereocenters. The Morgan fingerprint density at radius 3 is 2.83 bits per heavy atom. The van der Waals surface area contributed by atoms with E-state index in [4.69, 9.17) is 4.74 Å². The second-order valence-corrected chi connectivity index (χ2v) is 3.59. The molecule has 0 aliphatic rings. The van der Waals surface area contributed by atoms with Gasteiger partial charge in [0.2, 0.25) is 5.95 Å². The summed E-state index contributed by atoms with van der Waals surface area (Å²) < 4.78 is 41.7. The second-order valence-electron chi connectivity index (χ2n) is 3.59. The van der Waals surface area contributed by atoms with Crippen molar-refractivity contribution in [3.63, 3.8) is 0 Å². The lowest BCUT2D eigenvalue weighted by Gasteiger charge is -2.11. The standard InChI is InChI=1S/C10H14F3N3O2/c1-18-6-7(17)2-4-14-9-15-5-3-8(16-9)10(11,12)13/h3,5,7,17H,2,4,6H2,1H3,(H,14,15,16). The van der Waals surface area contributed by atoms with Crippen LogP contribution in [0.5, 0.6) is 0 Å². The zero-order valence-electron chi connectivity index (χ0n) is 9.74. The molecule has 0 aromatic carbocycles. The Morgan fingerprint density at radius 2 is 2.22 bits per heavy atom. The van der Waals surface area contributed by atoms with Crippen LogP contribution in [0.1, 0.15) is 12.1 Å². The van der Waals surface area contributed by atoms with E-state index in [0.717, 1.165) is 12.3 Å². The normalized spacial score (nSPS) is 13.4. The van der Waals surface area contributed by atoms with E-state index in [1.54, 1.807) is 0 Å². The Bertz CT molecular complexity index is 374. The lowest BCUT2D eigenvalue weighted by atomic mass is 10.3. The monoisotopic (exact) mass is 265 g/mol. The van der Waals surface area contributed by atoms with Crippen molar-refractivity contribution in [2.75, 3.05) is 25.6 Å². The van der Waals surface area contributed by atoms with E-state index in [1.807, 2.05) is 0 Å². The highest BCUT2D eigenvalue weighted by Gasteiger charge is 2.32. The molecule has 1 aromatic heterocycles. The van der Waals surface area contributed by atoms with Crippen molar-refractivity contribution in [1.29, 1.82) is 0 Å². The van der Waals surface area contributed by atoms with Crippen molar-refractivity contribution in [3.05, 3.63) is 18.0 Å². The zero-order valence-corrected chi connectivity index (χ0v) is 9.74. The number of rotatable bonds is 6. The summed E-state index contributed by atoms with van der Waals surface area (Å²) in [5.41, 5.74) is -1.00. The molecule has 0 aliphatic carbocycles. The van der Waals surface area contributed by atoms with Crippen LogP contribution in [0.4, 0.5) is 19.1 Å². The summed E-state index contributed by atoms with van der Waals surface area (Å²) in [5.74, 6) is -0.116. The average molecular weight is 265 g/mol. The molecule has 1 heterocycles. The van der Waals surface area contributed by atoms with Gasteiger partial charge in [0.25, 0.3) is 0 Å². The number of aliphatic hydroxyl groups is 1. The Labute approximate surface area is 102 Å². The third-order valence-electron chi connectivity index (χ3n) is 2.07. The third kappa shape index (κ3) is 4.84. The van der Waals surface area contributed by atoms with E-state index in [0.29, 0.717) is 6.42 Å². The number of alkyl halides is 3. The summed E-state index contributed by atoms with van der Waals surface area (Å²) in [6, 6.07) is 0.797. The lowest BCUT2D eigenvalue weighted by Crippen LogP contribution is -2.19. The molecule has 5 nitrogen and oxygen atoms in total. The fourth-order valence-electron chi connectivity index (χ4n) is 1.23. The Hall–Kier alpha value is -1.41. The predicted molar refractivity (Wildman–Crippen MR) is 58.0 cm³/mol. The highest BCUT2D eigenvalue weighted by molar-refractivity contribution is 5.25. The van der Waals surface area contributed by atoms with Gasteiger partial charge in [0.15, 0.2) is 0 Å². The molecule has 0 aliphatic heterocycles. The lowest BCUT2D eigenvalue weighted by molar-refractivity contribution is -0.141. The van der Waals surface area contributed by atoms with Crippen LogP contribution in [-0.4, -0.2) is 41.4 Å². The number of methoxy groups -OCH3 is 1. The van der Waals surface area contributed by atoms with Crippen molar-refractivity contribution in [1.82, 2.24) is 9.97 Å². The smallest absolute Gasteiger partial charge is 0.391 e. The first-order chi connectivity index (χ1) is 8.43. The minimum atomic E-state index is -4.49. The average Bonchev–Trinajstić information content (AvgIpc) is 2.29. The van der Waals surface area contributed by atoms with E-state index in [-0.39, 0.29) is 19.1 Å². The maximum Gasteiger partial charge on any atom is 0.433 e. The van der Waals surface area contributed by atoms with Crippen molar-refractivity contribution >= 4 is 5.95 Å². The first kappa shape index (κ1) is 14.7. The van der Waals surface area contributed by atoms with Crippen LogP contribution in [0.15, 0.2) is 12.3 Å². The van der Waals surface area contributed by atoms with Gasteiger partial charge in [0.05, 0.1) is 12.7 Å². The van der Waals surface area contributed by atoms with Gasteiger partial charge >= 0.3 is 6.18 Å². The molecule has 18 heavy (non-hydrogen) atoms. The summed E-state index contributed by atoms with van der Waals surface area (Å²) in [4.78, 5) is 6.99. The summed E-state index contributed by atoms with van der Waals surface area (Å²) in [5, 5.41) is 11.9. The van der Waals surface area contributed by atoms with Gasteiger partial charge in [0.1, 0.15) is 5.69 Å². The molecule has 0 fully saturated rings. The number of hydrogen-bond donors (Lipinski definition) is 2. The van der Waals surface area contributed by atoms with Crippen LogP contribution in [0.3, 0.4) is 0 Å². The number of aromatic nitrogens is 2. The number of nitrogens with zero attached hydrogens (tertiary/aromatic N) is 2. The summed E-state index contributed by atoms with van der Waals surface area (Å²) in [6.45, 7) is 0.428. The van der Waals surface area contributed by atoms with Gasteiger partial charge in [-0.2, -0.15) is 13.2 Å². The molecule has 1 atom stereocenters. The number of nitrogens with one attached hydrogen (secondary N) is 1. The quantitative estimate of drug-likeness (QED) is 0.811. The number of anilines is 1. The van der Waals surface area contributed by atoms with Gasteiger partial charge in [-0.1, -0.05) is 0 Å². The Kier molecular flexibility index (Phi) is 5.29. The van der Waals surface area contributed by atoms with Gasteiger partial charge in [0, 0.05) is 19.9 Å².